The number of fused-ring (bicyclic) bond motifs is 1. The predicted octanol–water partition coefficient (Wildman–Crippen LogP) is 2.73. The number of nitrogens with zero attached hydrogens (tertiary/aromatic N) is 2. The zero-order valence-corrected chi connectivity index (χ0v) is 12.5. The van der Waals surface area contributed by atoms with Crippen LogP contribution in [-0.2, 0) is 0 Å². The second-order valence-electron chi connectivity index (χ2n) is 5.48. The second-order valence-corrected chi connectivity index (χ2v) is 5.89. The highest BCUT2D eigenvalue weighted by atomic mass is 35.5. The van der Waals surface area contributed by atoms with Gasteiger partial charge in [-0.3, -0.25) is 4.79 Å². The molecule has 2 rings (SSSR count). The first-order valence-corrected chi connectivity index (χ1v) is 6.69. The van der Waals surface area contributed by atoms with Gasteiger partial charge in [0.15, 0.2) is 0 Å². The van der Waals surface area contributed by atoms with Gasteiger partial charge in [0.05, 0.1) is 16.1 Å². The third-order valence-electron chi connectivity index (χ3n) is 2.86. The van der Waals surface area contributed by atoms with Gasteiger partial charge in [-0.25, -0.2) is 4.98 Å². The molecule has 0 aliphatic carbocycles. The SMILES string of the molecule is CN(CC(C)(C)O)C(=O)c1cc(Cl)c2ccccc2n1. The molecule has 106 valence electrons. The number of carbonyl (C=O) groups excluding carboxylic acids is 1. The van der Waals surface area contributed by atoms with Gasteiger partial charge in [-0.15, -0.1) is 0 Å². The zero-order valence-electron chi connectivity index (χ0n) is 11.7. The maximum absolute atomic E-state index is 12.3. The van der Waals surface area contributed by atoms with Crippen LogP contribution in [0.15, 0.2) is 30.3 Å². The van der Waals surface area contributed by atoms with Crippen LogP contribution in [0.3, 0.4) is 0 Å². The fourth-order valence-electron chi connectivity index (χ4n) is 2.09. The highest BCUT2D eigenvalue weighted by molar-refractivity contribution is 6.35. The first-order valence-electron chi connectivity index (χ1n) is 6.31. The third kappa shape index (κ3) is 3.26. The van der Waals surface area contributed by atoms with Gasteiger partial charge in [0.1, 0.15) is 5.69 Å². The fourth-order valence-corrected chi connectivity index (χ4v) is 2.35. The number of aliphatic hydroxyl groups is 1. The maximum Gasteiger partial charge on any atom is 0.272 e. The molecule has 0 radical (unpaired) electrons. The number of rotatable bonds is 3. The highest BCUT2D eigenvalue weighted by Crippen LogP contribution is 2.23. The van der Waals surface area contributed by atoms with Crippen LogP contribution in [0.1, 0.15) is 24.3 Å². The Bertz CT molecular complexity index is 650. The van der Waals surface area contributed by atoms with E-state index in [9.17, 15) is 9.90 Å². The molecule has 2 aromatic rings. The highest BCUT2D eigenvalue weighted by Gasteiger charge is 2.21. The Hall–Kier alpha value is -1.65. The minimum atomic E-state index is -0.953. The van der Waals surface area contributed by atoms with Crippen LogP contribution in [0.25, 0.3) is 10.9 Å². The molecule has 0 aliphatic rings. The number of halogens is 1. The minimum Gasteiger partial charge on any atom is -0.389 e. The molecule has 0 saturated carbocycles. The van der Waals surface area contributed by atoms with Gasteiger partial charge in [0.2, 0.25) is 0 Å². The summed E-state index contributed by atoms with van der Waals surface area (Å²) in [5, 5.41) is 11.1. The van der Waals surface area contributed by atoms with Crippen molar-refractivity contribution in [2.24, 2.45) is 0 Å². The number of pyridine rings is 1. The van der Waals surface area contributed by atoms with Crippen LogP contribution < -0.4 is 0 Å². The van der Waals surface area contributed by atoms with Gasteiger partial charge in [-0.2, -0.15) is 0 Å². The summed E-state index contributed by atoms with van der Waals surface area (Å²) in [6.07, 6.45) is 0. The molecule has 0 saturated heterocycles. The lowest BCUT2D eigenvalue weighted by atomic mass is 10.1. The number of para-hydroxylation sites is 1. The van der Waals surface area contributed by atoms with Gasteiger partial charge in [0, 0.05) is 19.0 Å². The van der Waals surface area contributed by atoms with Crippen LogP contribution in [0.5, 0.6) is 0 Å². The van der Waals surface area contributed by atoms with E-state index in [2.05, 4.69) is 4.98 Å². The molecule has 4 nitrogen and oxygen atoms in total. The minimum absolute atomic E-state index is 0.220. The van der Waals surface area contributed by atoms with Crippen LogP contribution in [0.2, 0.25) is 5.02 Å². The normalized spacial score (nSPS) is 11.7. The molecule has 0 atom stereocenters. The quantitative estimate of drug-likeness (QED) is 0.946. The Morgan fingerprint density at radius 2 is 2.05 bits per heavy atom. The number of aromatic nitrogens is 1. The molecule has 0 spiro atoms. The summed E-state index contributed by atoms with van der Waals surface area (Å²) in [6.45, 7) is 3.52. The number of likely N-dealkylation sites (N-methyl/N-ethyl adjacent to an activating group) is 1. The van der Waals surface area contributed by atoms with E-state index in [1.54, 1.807) is 27.0 Å². The standard InChI is InChI=1S/C15H17ClN2O2/c1-15(2,20)9-18(3)14(19)13-8-11(16)10-6-4-5-7-12(10)17-13/h4-8,20H,9H2,1-3H3. The molecule has 1 N–H and O–H groups in total. The molecule has 5 heteroatoms. The topological polar surface area (TPSA) is 53.4 Å². The van der Waals surface area contributed by atoms with E-state index < -0.39 is 5.60 Å². The van der Waals surface area contributed by atoms with Gasteiger partial charge in [-0.05, 0) is 26.0 Å². The van der Waals surface area contributed by atoms with E-state index in [4.69, 9.17) is 11.6 Å². The summed E-state index contributed by atoms with van der Waals surface area (Å²) < 4.78 is 0. The second kappa shape index (κ2) is 5.38. The molecule has 20 heavy (non-hydrogen) atoms. The lowest BCUT2D eigenvalue weighted by Gasteiger charge is -2.25. The molecular formula is C15H17ClN2O2. The Morgan fingerprint density at radius 3 is 2.70 bits per heavy atom. The van der Waals surface area contributed by atoms with E-state index >= 15 is 0 Å². The average molecular weight is 293 g/mol. The maximum atomic E-state index is 12.3. The summed E-state index contributed by atoms with van der Waals surface area (Å²) in [4.78, 5) is 18.1. The Kier molecular flexibility index (Phi) is 3.97. The predicted molar refractivity (Wildman–Crippen MR) is 80.0 cm³/mol. The Labute approximate surface area is 123 Å². The molecule has 0 bridgehead atoms. The van der Waals surface area contributed by atoms with Crippen molar-refractivity contribution < 1.29 is 9.90 Å². The van der Waals surface area contributed by atoms with E-state index in [1.165, 1.54) is 4.90 Å². The van der Waals surface area contributed by atoms with Crippen molar-refractivity contribution in [2.75, 3.05) is 13.6 Å². The van der Waals surface area contributed by atoms with E-state index in [0.717, 1.165) is 5.39 Å². The molecule has 1 amide bonds. The van der Waals surface area contributed by atoms with Crippen molar-refractivity contribution in [3.8, 4) is 0 Å². The smallest absolute Gasteiger partial charge is 0.272 e. The van der Waals surface area contributed by atoms with Crippen LogP contribution in [0.4, 0.5) is 0 Å². The van der Waals surface area contributed by atoms with Crippen LogP contribution in [0, 0.1) is 0 Å². The fraction of sp³-hybridized carbons (Fsp3) is 0.333. The molecule has 1 aromatic heterocycles. The third-order valence-corrected chi connectivity index (χ3v) is 3.17. The lowest BCUT2D eigenvalue weighted by Crippen LogP contribution is -2.40. The van der Waals surface area contributed by atoms with E-state index in [0.29, 0.717) is 10.5 Å². The number of hydrogen-bond donors (Lipinski definition) is 1. The molecule has 0 aliphatic heterocycles. The van der Waals surface area contributed by atoms with Gasteiger partial charge in [0.25, 0.3) is 5.91 Å². The number of carbonyl (C=O) groups is 1. The van der Waals surface area contributed by atoms with Crippen molar-refractivity contribution in [3.05, 3.63) is 41.0 Å². The molecular weight excluding hydrogens is 276 g/mol. The monoisotopic (exact) mass is 292 g/mol. The van der Waals surface area contributed by atoms with Crippen molar-refractivity contribution in [2.45, 2.75) is 19.4 Å². The summed E-state index contributed by atoms with van der Waals surface area (Å²) in [5.74, 6) is -0.264. The first kappa shape index (κ1) is 14.8. The number of hydrogen-bond acceptors (Lipinski definition) is 3. The number of benzene rings is 1. The molecule has 1 heterocycles. The molecule has 0 unspecified atom stereocenters. The summed E-state index contributed by atoms with van der Waals surface area (Å²) >= 11 is 6.18. The number of amides is 1. The summed E-state index contributed by atoms with van der Waals surface area (Å²) in [7, 11) is 1.63. The zero-order chi connectivity index (χ0) is 14.9. The lowest BCUT2D eigenvalue weighted by molar-refractivity contribution is 0.0365. The Morgan fingerprint density at radius 1 is 1.40 bits per heavy atom. The van der Waals surface area contributed by atoms with Gasteiger partial charge < -0.3 is 10.0 Å². The molecule has 1 aromatic carbocycles. The van der Waals surface area contributed by atoms with Crippen molar-refractivity contribution in [1.82, 2.24) is 9.88 Å². The van der Waals surface area contributed by atoms with E-state index in [1.807, 2.05) is 24.3 Å². The van der Waals surface area contributed by atoms with Crippen LogP contribution >= 0.6 is 11.6 Å². The van der Waals surface area contributed by atoms with Crippen molar-refractivity contribution >= 4 is 28.4 Å². The van der Waals surface area contributed by atoms with Crippen molar-refractivity contribution in [3.63, 3.8) is 0 Å². The molecule has 0 fully saturated rings. The largest absolute Gasteiger partial charge is 0.389 e. The summed E-state index contributed by atoms with van der Waals surface area (Å²) in [5.41, 5.74) is 0.00544. The van der Waals surface area contributed by atoms with E-state index in [-0.39, 0.29) is 18.1 Å². The van der Waals surface area contributed by atoms with Gasteiger partial charge >= 0.3 is 0 Å². The van der Waals surface area contributed by atoms with Crippen molar-refractivity contribution in [1.29, 1.82) is 0 Å². The first-order chi connectivity index (χ1) is 9.28. The summed E-state index contributed by atoms with van der Waals surface area (Å²) in [6, 6.07) is 8.96. The van der Waals surface area contributed by atoms with Gasteiger partial charge in [-0.1, -0.05) is 29.8 Å². The Balaban J connectivity index is 2.35. The average Bonchev–Trinajstić information content (AvgIpc) is 2.35. The van der Waals surface area contributed by atoms with Crippen LogP contribution in [-0.4, -0.2) is 40.1 Å².